The molecule has 0 spiro atoms. The van der Waals surface area contributed by atoms with Crippen LogP contribution in [0.5, 0.6) is 0 Å². The maximum absolute atomic E-state index is 12.4. The minimum atomic E-state index is -0.831. The van der Waals surface area contributed by atoms with Crippen LogP contribution in [0.15, 0.2) is 24.3 Å². The van der Waals surface area contributed by atoms with Crippen molar-refractivity contribution in [3.63, 3.8) is 0 Å². The van der Waals surface area contributed by atoms with Crippen molar-refractivity contribution in [3.05, 3.63) is 29.8 Å². The Labute approximate surface area is 141 Å². The molecule has 1 fully saturated rings. The summed E-state index contributed by atoms with van der Waals surface area (Å²) in [6.45, 7) is 2.58. The number of rotatable bonds is 6. The third-order valence-electron chi connectivity index (χ3n) is 4.32. The van der Waals surface area contributed by atoms with Crippen LogP contribution in [0.4, 0.5) is 5.69 Å². The van der Waals surface area contributed by atoms with Gasteiger partial charge in [-0.2, -0.15) is 0 Å². The first-order valence-corrected chi connectivity index (χ1v) is 8.43. The van der Waals surface area contributed by atoms with Crippen LogP contribution in [-0.4, -0.2) is 29.4 Å². The van der Waals surface area contributed by atoms with Crippen molar-refractivity contribution in [3.8, 4) is 0 Å². The molecule has 1 aliphatic rings. The summed E-state index contributed by atoms with van der Waals surface area (Å²) in [7, 11) is 0. The Morgan fingerprint density at radius 3 is 2.67 bits per heavy atom. The van der Waals surface area contributed by atoms with Gasteiger partial charge in [0.25, 0.3) is 5.91 Å². The van der Waals surface area contributed by atoms with Gasteiger partial charge in [-0.05, 0) is 43.9 Å². The van der Waals surface area contributed by atoms with Crippen LogP contribution < -0.4 is 10.6 Å². The fraction of sp³-hybridized carbons (Fsp3) is 0.500. The highest BCUT2D eigenvalue weighted by Crippen LogP contribution is 2.30. The molecule has 0 aromatic heterocycles. The molecule has 1 aromatic rings. The van der Waals surface area contributed by atoms with Crippen LogP contribution in [0.1, 0.15) is 49.4 Å². The van der Waals surface area contributed by atoms with Gasteiger partial charge in [0.2, 0.25) is 5.91 Å². The maximum Gasteiger partial charge on any atom is 0.306 e. The minimum absolute atomic E-state index is 0.170. The lowest BCUT2D eigenvalue weighted by Gasteiger charge is -2.25. The van der Waals surface area contributed by atoms with Gasteiger partial charge in [-0.1, -0.05) is 19.4 Å². The second-order valence-corrected chi connectivity index (χ2v) is 6.22. The summed E-state index contributed by atoms with van der Waals surface area (Å²) in [5.41, 5.74) is 1.05. The highest BCUT2D eigenvalue weighted by atomic mass is 16.4. The monoisotopic (exact) mass is 332 g/mol. The molecule has 0 saturated heterocycles. The standard InChI is InChI=1S/C18H24N2O4/c1-2-9-19-16(21)13-6-4-8-15(11-13)20-17(22)12-5-3-7-14(10-12)18(23)24/h4,6,8,11-12,14H,2-3,5,7,9-10H2,1H3,(H,19,21)(H,20,22)(H,23,24). The van der Waals surface area contributed by atoms with E-state index in [1.165, 1.54) is 0 Å². The third-order valence-corrected chi connectivity index (χ3v) is 4.32. The van der Waals surface area contributed by atoms with Crippen LogP contribution in [0.25, 0.3) is 0 Å². The number of amides is 2. The average molecular weight is 332 g/mol. The van der Waals surface area contributed by atoms with Crippen LogP contribution in [0, 0.1) is 11.8 Å². The topological polar surface area (TPSA) is 95.5 Å². The number of carbonyl (C=O) groups excluding carboxylic acids is 2. The van der Waals surface area contributed by atoms with Crippen molar-refractivity contribution in [2.24, 2.45) is 11.8 Å². The SMILES string of the molecule is CCCNC(=O)c1cccc(NC(=O)C2CCCC(C(=O)O)C2)c1. The van der Waals surface area contributed by atoms with Gasteiger partial charge in [-0.15, -0.1) is 0 Å². The van der Waals surface area contributed by atoms with Gasteiger partial charge in [-0.3, -0.25) is 14.4 Å². The molecule has 0 heterocycles. The summed E-state index contributed by atoms with van der Waals surface area (Å²) < 4.78 is 0. The van der Waals surface area contributed by atoms with Gasteiger partial charge in [-0.25, -0.2) is 0 Å². The van der Waals surface area contributed by atoms with Crippen LogP contribution >= 0.6 is 0 Å². The number of hydrogen-bond acceptors (Lipinski definition) is 3. The summed E-state index contributed by atoms with van der Waals surface area (Å²) in [5, 5.41) is 14.7. The van der Waals surface area contributed by atoms with E-state index in [4.69, 9.17) is 5.11 Å². The van der Waals surface area contributed by atoms with Gasteiger partial charge >= 0.3 is 5.97 Å². The zero-order valence-electron chi connectivity index (χ0n) is 13.9. The van der Waals surface area contributed by atoms with Gasteiger partial charge < -0.3 is 15.7 Å². The zero-order valence-corrected chi connectivity index (χ0v) is 13.9. The third kappa shape index (κ3) is 4.81. The van der Waals surface area contributed by atoms with E-state index in [1.807, 2.05) is 6.92 Å². The Hall–Kier alpha value is -2.37. The Kier molecular flexibility index (Phi) is 6.35. The lowest BCUT2D eigenvalue weighted by molar-refractivity contribution is -0.143. The van der Waals surface area contributed by atoms with Gasteiger partial charge in [0.15, 0.2) is 0 Å². The van der Waals surface area contributed by atoms with E-state index in [0.717, 1.165) is 12.8 Å². The molecule has 2 atom stereocenters. The number of carboxylic acids is 1. The molecule has 2 unspecified atom stereocenters. The molecule has 6 nitrogen and oxygen atoms in total. The summed E-state index contributed by atoms with van der Waals surface area (Å²) in [6.07, 6.45) is 3.30. The van der Waals surface area contributed by atoms with E-state index >= 15 is 0 Å². The lowest BCUT2D eigenvalue weighted by Crippen LogP contribution is -2.31. The van der Waals surface area contributed by atoms with Crippen molar-refractivity contribution in [2.45, 2.75) is 39.0 Å². The highest BCUT2D eigenvalue weighted by molar-refractivity contribution is 5.97. The number of aliphatic carboxylic acids is 1. The summed E-state index contributed by atoms with van der Waals surface area (Å²) in [5.74, 6) is -1.91. The lowest BCUT2D eigenvalue weighted by atomic mass is 9.81. The molecule has 2 amide bonds. The molecule has 0 radical (unpaired) electrons. The van der Waals surface area contributed by atoms with Crippen molar-refractivity contribution in [1.29, 1.82) is 0 Å². The Balaban J connectivity index is 1.98. The van der Waals surface area contributed by atoms with E-state index in [0.29, 0.717) is 37.1 Å². The second-order valence-electron chi connectivity index (χ2n) is 6.22. The molecule has 3 N–H and O–H groups in total. The molecular formula is C18H24N2O4. The number of hydrogen-bond donors (Lipinski definition) is 3. The van der Waals surface area contributed by atoms with Crippen molar-refractivity contribution in [1.82, 2.24) is 5.32 Å². The van der Waals surface area contributed by atoms with E-state index in [2.05, 4.69) is 10.6 Å². The Morgan fingerprint density at radius 2 is 1.96 bits per heavy atom. The van der Waals surface area contributed by atoms with E-state index in [1.54, 1.807) is 24.3 Å². The van der Waals surface area contributed by atoms with Gasteiger partial charge in [0.1, 0.15) is 0 Å². The van der Waals surface area contributed by atoms with Crippen molar-refractivity contribution < 1.29 is 19.5 Å². The quantitative estimate of drug-likeness (QED) is 0.746. The van der Waals surface area contributed by atoms with Crippen molar-refractivity contribution >= 4 is 23.5 Å². The van der Waals surface area contributed by atoms with Gasteiger partial charge in [0.05, 0.1) is 5.92 Å². The number of carboxylic acid groups (broad SMARTS) is 1. The summed E-state index contributed by atoms with van der Waals surface area (Å²) >= 11 is 0. The number of anilines is 1. The van der Waals surface area contributed by atoms with Crippen LogP contribution in [0.3, 0.4) is 0 Å². The number of nitrogens with one attached hydrogen (secondary N) is 2. The molecule has 1 saturated carbocycles. The first kappa shape index (κ1) is 18.0. The molecule has 24 heavy (non-hydrogen) atoms. The molecule has 0 bridgehead atoms. The fourth-order valence-electron chi connectivity index (χ4n) is 2.98. The van der Waals surface area contributed by atoms with E-state index < -0.39 is 11.9 Å². The predicted molar refractivity (Wildman–Crippen MR) is 90.8 cm³/mol. The van der Waals surface area contributed by atoms with E-state index in [-0.39, 0.29) is 17.7 Å². The van der Waals surface area contributed by atoms with Gasteiger partial charge in [0, 0.05) is 23.7 Å². The Morgan fingerprint density at radius 1 is 1.21 bits per heavy atom. The molecule has 1 aliphatic carbocycles. The predicted octanol–water partition coefficient (Wildman–Crippen LogP) is 2.66. The number of carbonyl (C=O) groups is 3. The second kappa shape index (κ2) is 8.47. The summed E-state index contributed by atoms with van der Waals surface area (Å²) in [4.78, 5) is 35.5. The Bertz CT molecular complexity index is 615. The molecule has 6 heteroatoms. The first-order chi connectivity index (χ1) is 11.5. The van der Waals surface area contributed by atoms with Crippen LogP contribution in [-0.2, 0) is 9.59 Å². The zero-order chi connectivity index (χ0) is 17.5. The van der Waals surface area contributed by atoms with Crippen LogP contribution in [0.2, 0.25) is 0 Å². The van der Waals surface area contributed by atoms with Crippen molar-refractivity contribution in [2.75, 3.05) is 11.9 Å². The largest absolute Gasteiger partial charge is 0.481 e. The average Bonchev–Trinajstić information content (AvgIpc) is 2.60. The molecule has 0 aliphatic heterocycles. The molecule has 2 rings (SSSR count). The number of benzene rings is 1. The molecule has 1 aromatic carbocycles. The maximum atomic E-state index is 12.4. The normalized spacial score (nSPS) is 20.2. The molecule has 130 valence electrons. The molecular weight excluding hydrogens is 308 g/mol. The fourth-order valence-corrected chi connectivity index (χ4v) is 2.98. The summed E-state index contributed by atoms with van der Waals surface area (Å²) in [6, 6.07) is 6.78. The smallest absolute Gasteiger partial charge is 0.306 e. The van der Waals surface area contributed by atoms with E-state index in [9.17, 15) is 14.4 Å². The minimum Gasteiger partial charge on any atom is -0.481 e. The highest BCUT2D eigenvalue weighted by Gasteiger charge is 2.31. The first-order valence-electron chi connectivity index (χ1n) is 8.43.